The molecule has 1 saturated heterocycles. The minimum Gasteiger partial charge on any atom is -0.479 e. The first-order valence-corrected chi connectivity index (χ1v) is 10.6. The molecule has 32 heavy (non-hydrogen) atoms. The summed E-state index contributed by atoms with van der Waals surface area (Å²) in [5.74, 6) is -0.302. The number of alkyl halides is 1. The van der Waals surface area contributed by atoms with Gasteiger partial charge in [-0.05, 0) is 31.5 Å². The molecule has 0 unspecified atom stereocenters. The number of hydrogen-bond donors (Lipinski definition) is 3. The summed E-state index contributed by atoms with van der Waals surface area (Å²) in [6, 6.07) is 4.54. The third-order valence-electron chi connectivity index (χ3n) is 5.03. The Balaban J connectivity index is 1.64. The minimum atomic E-state index is -1.95. The molecule has 0 saturated carbocycles. The maximum Gasteiger partial charge on any atom is 0.330 e. The van der Waals surface area contributed by atoms with Crippen LogP contribution in [0, 0.1) is 0 Å². The molecule has 0 bridgehead atoms. The number of halogens is 3. The van der Waals surface area contributed by atoms with Gasteiger partial charge >= 0.3 is 5.69 Å². The van der Waals surface area contributed by atoms with Crippen molar-refractivity contribution in [3.63, 3.8) is 0 Å². The highest BCUT2D eigenvalue weighted by atomic mass is 35.5. The monoisotopic (exact) mass is 489 g/mol. The van der Waals surface area contributed by atoms with E-state index in [1.54, 1.807) is 13.0 Å². The van der Waals surface area contributed by atoms with E-state index in [1.807, 2.05) is 0 Å². The van der Waals surface area contributed by atoms with E-state index in [1.165, 1.54) is 25.3 Å². The second kappa shape index (κ2) is 10.0. The standard InChI is InChI=1S/C20H22Cl2FN3O6/c1-3-10-8-26(20(30)25-18(10)29)19-15(23)16(27)14(32-19)7-24-17(28)9(2)31-13-5-4-11(21)6-12(13)22/h4-6,8-9,14-16,19,27H,3,7H2,1-2H3,(H,24,28)(H,25,29,30)/t9-,14+,15+,16+,19+/m0/s1. The second-order valence-electron chi connectivity index (χ2n) is 7.25. The first kappa shape index (κ1) is 24.2. The van der Waals surface area contributed by atoms with Gasteiger partial charge < -0.3 is 19.9 Å². The molecule has 12 heteroatoms. The van der Waals surface area contributed by atoms with Gasteiger partial charge in [0.15, 0.2) is 18.5 Å². The van der Waals surface area contributed by atoms with Crippen molar-refractivity contribution in [1.82, 2.24) is 14.9 Å². The zero-order valence-electron chi connectivity index (χ0n) is 17.2. The minimum absolute atomic E-state index is 0.229. The molecule has 1 aliphatic heterocycles. The predicted molar refractivity (Wildman–Crippen MR) is 115 cm³/mol. The fourth-order valence-electron chi connectivity index (χ4n) is 3.22. The van der Waals surface area contributed by atoms with E-state index in [2.05, 4.69) is 10.3 Å². The molecule has 174 valence electrons. The zero-order valence-corrected chi connectivity index (χ0v) is 18.7. The molecule has 3 rings (SSSR count). The molecule has 1 amide bonds. The maximum atomic E-state index is 14.7. The van der Waals surface area contributed by atoms with Crippen molar-refractivity contribution in [1.29, 1.82) is 0 Å². The number of aliphatic hydroxyl groups excluding tert-OH is 1. The van der Waals surface area contributed by atoms with E-state index in [9.17, 15) is 23.9 Å². The average Bonchev–Trinajstić information content (AvgIpc) is 3.02. The highest BCUT2D eigenvalue weighted by Gasteiger charge is 2.45. The maximum absolute atomic E-state index is 14.7. The van der Waals surface area contributed by atoms with Gasteiger partial charge in [0.25, 0.3) is 11.5 Å². The lowest BCUT2D eigenvalue weighted by Crippen LogP contribution is -2.43. The Morgan fingerprint density at radius 1 is 1.41 bits per heavy atom. The quantitative estimate of drug-likeness (QED) is 0.542. The molecule has 0 spiro atoms. The molecule has 1 fully saturated rings. The van der Waals surface area contributed by atoms with Crippen molar-refractivity contribution in [2.45, 2.75) is 51.0 Å². The summed E-state index contributed by atoms with van der Waals surface area (Å²) in [5, 5.41) is 13.4. The molecule has 9 nitrogen and oxygen atoms in total. The number of aryl methyl sites for hydroxylation is 1. The highest BCUT2D eigenvalue weighted by molar-refractivity contribution is 6.35. The Morgan fingerprint density at radius 3 is 2.78 bits per heavy atom. The Morgan fingerprint density at radius 2 is 2.12 bits per heavy atom. The van der Waals surface area contributed by atoms with Gasteiger partial charge in [-0.25, -0.2) is 9.18 Å². The van der Waals surface area contributed by atoms with Crippen LogP contribution >= 0.6 is 23.2 Å². The summed E-state index contributed by atoms with van der Waals surface area (Å²) in [6.45, 7) is 2.95. The Labute approximate surface area is 192 Å². The number of amides is 1. The van der Waals surface area contributed by atoms with Crippen LogP contribution in [0.25, 0.3) is 0 Å². The lowest BCUT2D eigenvalue weighted by atomic mass is 10.1. The van der Waals surface area contributed by atoms with Gasteiger partial charge in [-0.1, -0.05) is 30.1 Å². The summed E-state index contributed by atoms with van der Waals surface area (Å²) in [5.41, 5.74) is -1.17. The molecule has 1 aromatic heterocycles. The van der Waals surface area contributed by atoms with E-state index in [0.717, 1.165) is 4.57 Å². The van der Waals surface area contributed by atoms with Gasteiger partial charge in [0.2, 0.25) is 0 Å². The van der Waals surface area contributed by atoms with E-state index in [4.69, 9.17) is 32.7 Å². The number of carbonyl (C=O) groups is 1. The lowest BCUT2D eigenvalue weighted by Gasteiger charge is -2.19. The Bertz CT molecular complexity index is 1110. The van der Waals surface area contributed by atoms with E-state index in [-0.39, 0.29) is 22.9 Å². The van der Waals surface area contributed by atoms with Gasteiger partial charge in [-0.3, -0.25) is 19.1 Å². The van der Waals surface area contributed by atoms with Gasteiger partial charge in [-0.15, -0.1) is 0 Å². The van der Waals surface area contributed by atoms with Crippen molar-refractivity contribution in [3.8, 4) is 5.75 Å². The zero-order chi connectivity index (χ0) is 23.6. The molecular formula is C20H22Cl2FN3O6. The molecule has 2 aromatic rings. The number of ether oxygens (including phenoxy) is 2. The number of hydrogen-bond acceptors (Lipinski definition) is 6. The summed E-state index contributed by atoms with van der Waals surface area (Å²) in [4.78, 5) is 38.3. The number of aromatic amines is 1. The van der Waals surface area contributed by atoms with E-state index < -0.39 is 47.9 Å². The fraction of sp³-hybridized carbons (Fsp3) is 0.450. The molecule has 1 aliphatic rings. The summed E-state index contributed by atoms with van der Waals surface area (Å²) >= 11 is 11.9. The SMILES string of the molecule is CCc1cn([C@@H]2O[C@H](CNC(=O)[C@H](C)Oc3ccc(Cl)cc3Cl)[C@@H](O)[C@H]2F)c(=O)[nH]c1=O. The number of benzene rings is 1. The van der Waals surface area contributed by atoms with Gasteiger partial charge in [0, 0.05) is 23.3 Å². The number of carbonyl (C=O) groups excluding carboxylic acids is 1. The lowest BCUT2D eigenvalue weighted by molar-refractivity contribution is -0.128. The van der Waals surface area contributed by atoms with Crippen LogP contribution in [0.15, 0.2) is 34.0 Å². The fourth-order valence-corrected chi connectivity index (χ4v) is 3.68. The smallest absolute Gasteiger partial charge is 0.330 e. The van der Waals surface area contributed by atoms with Crippen LogP contribution in [0.1, 0.15) is 25.6 Å². The largest absolute Gasteiger partial charge is 0.479 e. The number of rotatable bonds is 7. The third-order valence-corrected chi connectivity index (χ3v) is 5.57. The number of aliphatic hydroxyl groups is 1. The van der Waals surface area contributed by atoms with E-state index in [0.29, 0.717) is 11.4 Å². The highest BCUT2D eigenvalue weighted by Crippen LogP contribution is 2.31. The Hall–Kier alpha value is -2.40. The van der Waals surface area contributed by atoms with Gasteiger partial charge in [-0.2, -0.15) is 0 Å². The molecule has 1 aromatic carbocycles. The normalized spacial score (nSPS) is 23.7. The molecule has 2 heterocycles. The summed E-state index contributed by atoms with van der Waals surface area (Å²) in [7, 11) is 0. The van der Waals surface area contributed by atoms with Crippen molar-refractivity contribution < 1.29 is 23.8 Å². The molecular weight excluding hydrogens is 468 g/mol. The van der Waals surface area contributed by atoms with Crippen molar-refractivity contribution in [3.05, 3.63) is 60.8 Å². The average molecular weight is 490 g/mol. The first-order chi connectivity index (χ1) is 15.1. The molecule has 3 N–H and O–H groups in total. The summed E-state index contributed by atoms with van der Waals surface area (Å²) < 4.78 is 26.6. The molecule has 0 radical (unpaired) electrons. The van der Waals surface area contributed by atoms with Crippen LogP contribution in [-0.4, -0.2) is 51.6 Å². The van der Waals surface area contributed by atoms with Crippen LogP contribution < -0.4 is 21.3 Å². The van der Waals surface area contributed by atoms with Crippen molar-refractivity contribution in [2.24, 2.45) is 0 Å². The topological polar surface area (TPSA) is 123 Å². The van der Waals surface area contributed by atoms with Gasteiger partial charge in [0.05, 0.1) is 5.02 Å². The van der Waals surface area contributed by atoms with Crippen LogP contribution in [0.5, 0.6) is 5.75 Å². The number of aromatic nitrogens is 2. The third kappa shape index (κ3) is 5.15. The predicted octanol–water partition coefficient (Wildman–Crippen LogP) is 1.59. The van der Waals surface area contributed by atoms with Crippen molar-refractivity contribution >= 4 is 29.1 Å². The first-order valence-electron chi connectivity index (χ1n) is 9.83. The Kier molecular flexibility index (Phi) is 7.60. The van der Waals surface area contributed by atoms with Crippen LogP contribution in [0.3, 0.4) is 0 Å². The van der Waals surface area contributed by atoms with Gasteiger partial charge in [0.1, 0.15) is 18.0 Å². The number of nitrogens with one attached hydrogen (secondary N) is 2. The second-order valence-corrected chi connectivity index (χ2v) is 8.10. The molecule has 0 aliphatic carbocycles. The van der Waals surface area contributed by atoms with Crippen LogP contribution in [-0.2, 0) is 16.0 Å². The number of nitrogens with zero attached hydrogens (tertiary/aromatic N) is 1. The van der Waals surface area contributed by atoms with Crippen molar-refractivity contribution in [2.75, 3.05) is 6.54 Å². The van der Waals surface area contributed by atoms with Crippen LogP contribution in [0.2, 0.25) is 10.0 Å². The molecule has 5 atom stereocenters. The number of H-pyrrole nitrogens is 1. The van der Waals surface area contributed by atoms with E-state index >= 15 is 0 Å². The van der Waals surface area contributed by atoms with Crippen LogP contribution in [0.4, 0.5) is 4.39 Å². The summed E-state index contributed by atoms with van der Waals surface area (Å²) in [6.07, 6.45) is -5.58.